The summed E-state index contributed by atoms with van der Waals surface area (Å²) in [5.74, 6) is -0.196. The van der Waals surface area contributed by atoms with E-state index in [9.17, 15) is 9.18 Å². The SMILES string of the molecule is Cc1cccc(CCCNC(=O)CCc2ccc(F)cc2)c1. The molecule has 2 rings (SSSR count). The van der Waals surface area contributed by atoms with Crippen molar-refractivity contribution in [3.05, 3.63) is 71.0 Å². The van der Waals surface area contributed by atoms with E-state index in [0.29, 0.717) is 19.4 Å². The van der Waals surface area contributed by atoms with Gasteiger partial charge >= 0.3 is 0 Å². The first-order chi connectivity index (χ1) is 10.6. The first-order valence-electron chi connectivity index (χ1n) is 7.70. The summed E-state index contributed by atoms with van der Waals surface area (Å²) in [7, 11) is 0. The predicted molar refractivity (Wildman–Crippen MR) is 87.2 cm³/mol. The maximum atomic E-state index is 12.8. The van der Waals surface area contributed by atoms with Crippen molar-refractivity contribution < 1.29 is 9.18 Å². The lowest BCUT2D eigenvalue weighted by molar-refractivity contribution is -0.121. The number of benzene rings is 2. The Morgan fingerprint density at radius 3 is 2.55 bits per heavy atom. The van der Waals surface area contributed by atoms with Crippen LogP contribution in [0.3, 0.4) is 0 Å². The molecule has 116 valence electrons. The van der Waals surface area contributed by atoms with Gasteiger partial charge in [0.2, 0.25) is 5.91 Å². The molecule has 0 radical (unpaired) electrons. The highest BCUT2D eigenvalue weighted by molar-refractivity contribution is 5.76. The van der Waals surface area contributed by atoms with Crippen LogP contribution in [0.1, 0.15) is 29.5 Å². The van der Waals surface area contributed by atoms with E-state index in [1.165, 1.54) is 23.3 Å². The topological polar surface area (TPSA) is 29.1 Å². The molecule has 2 aromatic carbocycles. The van der Waals surface area contributed by atoms with Crippen molar-refractivity contribution in [3.63, 3.8) is 0 Å². The lowest BCUT2D eigenvalue weighted by atomic mass is 10.1. The summed E-state index contributed by atoms with van der Waals surface area (Å²) in [6, 6.07) is 14.7. The minimum atomic E-state index is -0.246. The largest absolute Gasteiger partial charge is 0.356 e. The Kier molecular flexibility index (Phi) is 6.13. The van der Waals surface area contributed by atoms with Crippen LogP contribution in [0.15, 0.2) is 48.5 Å². The molecule has 0 aromatic heterocycles. The second-order valence-electron chi connectivity index (χ2n) is 5.57. The minimum absolute atomic E-state index is 0.0496. The standard InChI is InChI=1S/C19H22FNO/c1-15-4-2-5-17(14-15)6-3-13-21-19(22)12-9-16-7-10-18(20)11-8-16/h2,4-5,7-8,10-11,14H,3,6,9,12-13H2,1H3,(H,21,22). The molecule has 0 bridgehead atoms. The van der Waals surface area contributed by atoms with Crippen molar-refractivity contribution in [2.24, 2.45) is 0 Å². The Labute approximate surface area is 131 Å². The summed E-state index contributed by atoms with van der Waals surface area (Å²) in [6.45, 7) is 2.77. The van der Waals surface area contributed by atoms with Gasteiger partial charge in [-0.3, -0.25) is 4.79 Å². The second kappa shape index (κ2) is 8.32. The predicted octanol–water partition coefficient (Wildman–Crippen LogP) is 3.82. The van der Waals surface area contributed by atoms with Gasteiger partial charge in [0.05, 0.1) is 0 Å². The number of carbonyl (C=O) groups excluding carboxylic acids is 1. The summed E-state index contributed by atoms with van der Waals surface area (Å²) in [4.78, 5) is 11.8. The van der Waals surface area contributed by atoms with E-state index in [-0.39, 0.29) is 11.7 Å². The second-order valence-corrected chi connectivity index (χ2v) is 5.57. The molecule has 0 saturated heterocycles. The van der Waals surface area contributed by atoms with Gasteiger partial charge in [0, 0.05) is 13.0 Å². The molecule has 0 saturated carbocycles. The molecular formula is C19H22FNO. The third-order valence-corrected chi connectivity index (χ3v) is 3.60. The van der Waals surface area contributed by atoms with E-state index < -0.39 is 0 Å². The summed E-state index contributed by atoms with van der Waals surface area (Å²) in [5.41, 5.74) is 3.55. The van der Waals surface area contributed by atoms with Crippen LogP contribution in [0, 0.1) is 12.7 Å². The Morgan fingerprint density at radius 1 is 1.05 bits per heavy atom. The van der Waals surface area contributed by atoms with Crippen LogP contribution in [-0.2, 0) is 17.6 Å². The van der Waals surface area contributed by atoms with Crippen LogP contribution in [0.4, 0.5) is 4.39 Å². The van der Waals surface area contributed by atoms with Gasteiger partial charge in [-0.25, -0.2) is 4.39 Å². The van der Waals surface area contributed by atoms with Crippen molar-refractivity contribution in [1.29, 1.82) is 0 Å². The molecule has 0 aliphatic heterocycles. The monoisotopic (exact) mass is 299 g/mol. The molecule has 0 aliphatic rings. The van der Waals surface area contributed by atoms with Gasteiger partial charge in [0.25, 0.3) is 0 Å². The molecule has 2 nitrogen and oxygen atoms in total. The van der Waals surface area contributed by atoms with Gasteiger partial charge in [-0.05, 0) is 49.4 Å². The Balaban J connectivity index is 1.62. The summed E-state index contributed by atoms with van der Waals surface area (Å²) >= 11 is 0. The Bertz CT molecular complexity index is 607. The summed E-state index contributed by atoms with van der Waals surface area (Å²) < 4.78 is 12.8. The molecule has 0 atom stereocenters. The fourth-order valence-corrected chi connectivity index (χ4v) is 2.39. The highest BCUT2D eigenvalue weighted by Crippen LogP contribution is 2.07. The number of aryl methyl sites for hydroxylation is 3. The quantitative estimate of drug-likeness (QED) is 0.774. The summed E-state index contributed by atoms with van der Waals surface area (Å²) in [5, 5.41) is 2.94. The van der Waals surface area contributed by atoms with Crippen LogP contribution >= 0.6 is 0 Å². The maximum absolute atomic E-state index is 12.8. The molecule has 3 heteroatoms. The molecule has 0 aliphatic carbocycles. The van der Waals surface area contributed by atoms with Crippen LogP contribution in [-0.4, -0.2) is 12.5 Å². The van der Waals surface area contributed by atoms with Crippen LogP contribution in [0.25, 0.3) is 0 Å². The van der Waals surface area contributed by atoms with Gasteiger partial charge in [0.15, 0.2) is 0 Å². The average Bonchev–Trinajstić information content (AvgIpc) is 2.51. The lowest BCUT2D eigenvalue weighted by Gasteiger charge is -2.06. The molecule has 1 N–H and O–H groups in total. The Hall–Kier alpha value is -2.16. The van der Waals surface area contributed by atoms with E-state index >= 15 is 0 Å². The van der Waals surface area contributed by atoms with Crippen LogP contribution in [0.2, 0.25) is 0 Å². The third-order valence-electron chi connectivity index (χ3n) is 3.60. The first kappa shape index (κ1) is 16.2. The lowest BCUT2D eigenvalue weighted by Crippen LogP contribution is -2.24. The van der Waals surface area contributed by atoms with Gasteiger partial charge in [-0.1, -0.05) is 42.0 Å². The first-order valence-corrected chi connectivity index (χ1v) is 7.70. The smallest absolute Gasteiger partial charge is 0.220 e. The molecule has 0 heterocycles. The zero-order valence-electron chi connectivity index (χ0n) is 12.9. The Morgan fingerprint density at radius 2 is 1.82 bits per heavy atom. The fraction of sp³-hybridized carbons (Fsp3) is 0.316. The van der Waals surface area contributed by atoms with E-state index in [1.54, 1.807) is 12.1 Å². The van der Waals surface area contributed by atoms with E-state index in [2.05, 4.69) is 36.5 Å². The number of halogens is 1. The van der Waals surface area contributed by atoms with Gasteiger partial charge < -0.3 is 5.32 Å². The van der Waals surface area contributed by atoms with Gasteiger partial charge in [-0.15, -0.1) is 0 Å². The zero-order chi connectivity index (χ0) is 15.8. The van der Waals surface area contributed by atoms with Crippen molar-refractivity contribution in [3.8, 4) is 0 Å². The fourth-order valence-electron chi connectivity index (χ4n) is 2.39. The molecule has 0 spiro atoms. The number of amides is 1. The average molecular weight is 299 g/mol. The molecule has 0 fully saturated rings. The summed E-state index contributed by atoms with van der Waals surface area (Å²) in [6.07, 6.45) is 2.99. The van der Waals surface area contributed by atoms with E-state index in [0.717, 1.165) is 18.4 Å². The minimum Gasteiger partial charge on any atom is -0.356 e. The third kappa shape index (κ3) is 5.68. The number of hydrogen-bond acceptors (Lipinski definition) is 1. The molecule has 2 aromatic rings. The van der Waals surface area contributed by atoms with Crippen molar-refractivity contribution >= 4 is 5.91 Å². The number of nitrogens with one attached hydrogen (secondary N) is 1. The molecule has 1 amide bonds. The van der Waals surface area contributed by atoms with Gasteiger partial charge in [0.1, 0.15) is 5.82 Å². The highest BCUT2D eigenvalue weighted by atomic mass is 19.1. The number of rotatable bonds is 7. The molecule has 0 unspecified atom stereocenters. The molecule has 22 heavy (non-hydrogen) atoms. The molecular weight excluding hydrogens is 277 g/mol. The zero-order valence-corrected chi connectivity index (χ0v) is 12.9. The van der Waals surface area contributed by atoms with Crippen molar-refractivity contribution in [2.45, 2.75) is 32.6 Å². The van der Waals surface area contributed by atoms with Crippen LogP contribution < -0.4 is 5.32 Å². The van der Waals surface area contributed by atoms with E-state index in [1.807, 2.05) is 0 Å². The highest BCUT2D eigenvalue weighted by Gasteiger charge is 2.02. The number of carbonyl (C=O) groups is 1. The van der Waals surface area contributed by atoms with Crippen molar-refractivity contribution in [1.82, 2.24) is 5.32 Å². The number of hydrogen-bond donors (Lipinski definition) is 1. The van der Waals surface area contributed by atoms with Crippen molar-refractivity contribution in [2.75, 3.05) is 6.54 Å². The van der Waals surface area contributed by atoms with E-state index in [4.69, 9.17) is 0 Å². The normalized spacial score (nSPS) is 10.5. The maximum Gasteiger partial charge on any atom is 0.220 e. The van der Waals surface area contributed by atoms with Crippen LogP contribution in [0.5, 0.6) is 0 Å². The van der Waals surface area contributed by atoms with Gasteiger partial charge in [-0.2, -0.15) is 0 Å².